The Labute approximate surface area is 101 Å². The maximum atomic E-state index is 11.3. The van der Waals surface area contributed by atoms with E-state index in [1.165, 1.54) is 5.56 Å². The van der Waals surface area contributed by atoms with Gasteiger partial charge in [-0.25, -0.2) is 0 Å². The Balaban J connectivity index is 2.19. The van der Waals surface area contributed by atoms with Crippen molar-refractivity contribution in [3.05, 3.63) is 29.8 Å². The number of anilines is 1. The first-order chi connectivity index (χ1) is 8.07. The lowest BCUT2D eigenvalue weighted by atomic mass is 10.0. The first-order valence-corrected chi connectivity index (χ1v) is 5.82. The van der Waals surface area contributed by atoms with Gasteiger partial charge in [0.1, 0.15) is 5.54 Å². The topological polar surface area (TPSA) is 52.6 Å². The minimum absolute atomic E-state index is 0.482. The highest BCUT2D eigenvalue weighted by molar-refractivity contribution is 5.79. The van der Waals surface area contributed by atoms with Crippen molar-refractivity contribution in [2.75, 3.05) is 25.0 Å². The highest BCUT2D eigenvalue weighted by Crippen LogP contribution is 2.28. The summed E-state index contributed by atoms with van der Waals surface area (Å²) in [5.74, 6) is -0.815. The summed E-state index contributed by atoms with van der Waals surface area (Å²) in [6.07, 6.45) is 0.996. The molecule has 17 heavy (non-hydrogen) atoms. The number of carboxylic acids is 1. The van der Waals surface area contributed by atoms with Gasteiger partial charge >= 0.3 is 5.97 Å². The zero-order valence-corrected chi connectivity index (χ0v) is 10.2. The van der Waals surface area contributed by atoms with Crippen molar-refractivity contribution >= 4 is 11.7 Å². The SMILES string of the molecule is CNC(C)(CN1CCc2ccccc21)C(=O)O. The fraction of sp³-hybridized carbons (Fsp3) is 0.462. The zero-order valence-electron chi connectivity index (χ0n) is 10.2. The number of carbonyl (C=O) groups is 1. The average molecular weight is 234 g/mol. The van der Waals surface area contributed by atoms with E-state index in [4.69, 9.17) is 0 Å². The number of benzene rings is 1. The van der Waals surface area contributed by atoms with Crippen molar-refractivity contribution in [1.82, 2.24) is 5.32 Å². The summed E-state index contributed by atoms with van der Waals surface area (Å²) >= 11 is 0. The van der Waals surface area contributed by atoms with Crippen LogP contribution in [0, 0.1) is 0 Å². The normalized spacial score (nSPS) is 17.6. The van der Waals surface area contributed by atoms with Crippen LogP contribution >= 0.6 is 0 Å². The number of fused-ring (bicyclic) bond motifs is 1. The van der Waals surface area contributed by atoms with Gasteiger partial charge in [-0.3, -0.25) is 4.79 Å². The summed E-state index contributed by atoms with van der Waals surface area (Å²) in [6, 6.07) is 8.18. The molecule has 1 atom stereocenters. The molecule has 92 valence electrons. The van der Waals surface area contributed by atoms with Gasteiger partial charge in [-0.15, -0.1) is 0 Å². The van der Waals surface area contributed by atoms with Gasteiger partial charge in [0.2, 0.25) is 0 Å². The standard InChI is InChI=1S/C13H18N2O2/c1-13(14-2,12(16)17)9-15-8-7-10-5-3-4-6-11(10)15/h3-6,14H,7-9H2,1-2H3,(H,16,17). The van der Waals surface area contributed by atoms with Gasteiger partial charge < -0.3 is 15.3 Å². The number of hydrogen-bond donors (Lipinski definition) is 2. The van der Waals surface area contributed by atoms with Gasteiger partial charge in [0.05, 0.1) is 0 Å². The minimum atomic E-state index is -0.905. The summed E-state index contributed by atoms with van der Waals surface area (Å²) in [4.78, 5) is 13.4. The van der Waals surface area contributed by atoms with E-state index in [0.717, 1.165) is 18.7 Å². The number of likely N-dealkylation sites (N-methyl/N-ethyl adjacent to an activating group) is 1. The lowest BCUT2D eigenvalue weighted by Gasteiger charge is -2.31. The molecule has 0 radical (unpaired) electrons. The number of carboxylic acid groups (broad SMARTS) is 1. The molecule has 0 aromatic heterocycles. The fourth-order valence-electron chi connectivity index (χ4n) is 2.21. The van der Waals surface area contributed by atoms with E-state index in [-0.39, 0.29) is 0 Å². The Kier molecular flexibility index (Phi) is 3.07. The second-order valence-electron chi connectivity index (χ2n) is 4.69. The molecule has 1 aromatic rings. The van der Waals surface area contributed by atoms with Crippen molar-refractivity contribution < 1.29 is 9.90 Å². The molecule has 0 aliphatic carbocycles. The van der Waals surface area contributed by atoms with Crippen molar-refractivity contribution in [1.29, 1.82) is 0 Å². The largest absolute Gasteiger partial charge is 0.480 e. The maximum Gasteiger partial charge on any atom is 0.325 e. The molecule has 2 N–H and O–H groups in total. The molecule has 2 rings (SSSR count). The Hall–Kier alpha value is -1.55. The Bertz CT molecular complexity index is 433. The van der Waals surface area contributed by atoms with E-state index in [9.17, 15) is 9.90 Å². The highest BCUT2D eigenvalue weighted by atomic mass is 16.4. The van der Waals surface area contributed by atoms with Crippen LogP contribution < -0.4 is 10.2 Å². The van der Waals surface area contributed by atoms with Crippen molar-refractivity contribution in [3.8, 4) is 0 Å². The third kappa shape index (κ3) is 2.13. The molecule has 4 nitrogen and oxygen atoms in total. The van der Waals surface area contributed by atoms with Gasteiger partial charge in [0.15, 0.2) is 0 Å². The second-order valence-corrected chi connectivity index (χ2v) is 4.69. The predicted molar refractivity (Wildman–Crippen MR) is 67.5 cm³/mol. The number of nitrogens with one attached hydrogen (secondary N) is 1. The van der Waals surface area contributed by atoms with Gasteiger partial charge in [-0.05, 0) is 32.0 Å². The molecule has 1 aliphatic heterocycles. The Morgan fingerprint density at radius 3 is 2.88 bits per heavy atom. The van der Waals surface area contributed by atoms with Crippen LogP contribution in [0.2, 0.25) is 0 Å². The van der Waals surface area contributed by atoms with Crippen LogP contribution in [-0.2, 0) is 11.2 Å². The molecule has 0 saturated carbocycles. The molecule has 1 aliphatic rings. The first kappa shape index (κ1) is 11.9. The van der Waals surface area contributed by atoms with Gasteiger partial charge in [-0.2, -0.15) is 0 Å². The predicted octanol–water partition coefficient (Wildman–Crippen LogP) is 1.11. The molecular formula is C13H18N2O2. The molecule has 0 spiro atoms. The molecular weight excluding hydrogens is 216 g/mol. The number of para-hydroxylation sites is 1. The molecule has 4 heteroatoms. The summed E-state index contributed by atoms with van der Waals surface area (Å²) in [5.41, 5.74) is 1.56. The molecule has 1 heterocycles. The van der Waals surface area contributed by atoms with Crippen LogP contribution in [0.3, 0.4) is 0 Å². The fourth-order valence-corrected chi connectivity index (χ4v) is 2.21. The number of rotatable bonds is 4. The summed E-state index contributed by atoms with van der Waals surface area (Å²) < 4.78 is 0. The van der Waals surface area contributed by atoms with Crippen LogP contribution in [0.25, 0.3) is 0 Å². The van der Waals surface area contributed by atoms with E-state index in [2.05, 4.69) is 22.3 Å². The van der Waals surface area contributed by atoms with E-state index >= 15 is 0 Å². The third-order valence-corrected chi connectivity index (χ3v) is 3.51. The highest BCUT2D eigenvalue weighted by Gasteiger charge is 2.35. The summed E-state index contributed by atoms with van der Waals surface area (Å²) in [6.45, 7) is 3.09. The van der Waals surface area contributed by atoms with E-state index in [1.54, 1.807) is 14.0 Å². The average Bonchev–Trinajstić information content (AvgIpc) is 2.72. The van der Waals surface area contributed by atoms with E-state index < -0.39 is 11.5 Å². The number of hydrogen-bond acceptors (Lipinski definition) is 3. The van der Waals surface area contributed by atoms with Crippen LogP contribution in [0.1, 0.15) is 12.5 Å². The molecule has 0 saturated heterocycles. The smallest absolute Gasteiger partial charge is 0.325 e. The second kappa shape index (κ2) is 4.37. The quantitative estimate of drug-likeness (QED) is 0.819. The lowest BCUT2D eigenvalue weighted by Crippen LogP contribution is -2.55. The van der Waals surface area contributed by atoms with E-state index in [0.29, 0.717) is 6.54 Å². The first-order valence-electron chi connectivity index (χ1n) is 5.82. The van der Waals surface area contributed by atoms with Crippen LogP contribution in [0.5, 0.6) is 0 Å². The van der Waals surface area contributed by atoms with Gasteiger partial charge in [-0.1, -0.05) is 18.2 Å². The van der Waals surface area contributed by atoms with Gasteiger partial charge in [0, 0.05) is 18.8 Å². The third-order valence-electron chi connectivity index (χ3n) is 3.51. The molecule has 0 fully saturated rings. The summed E-state index contributed by atoms with van der Waals surface area (Å²) in [7, 11) is 1.69. The van der Waals surface area contributed by atoms with Crippen LogP contribution in [-0.4, -0.2) is 36.8 Å². The van der Waals surface area contributed by atoms with Crippen molar-refractivity contribution in [3.63, 3.8) is 0 Å². The van der Waals surface area contributed by atoms with Crippen molar-refractivity contribution in [2.45, 2.75) is 18.9 Å². The molecule has 0 bridgehead atoms. The number of aliphatic carboxylic acids is 1. The molecule has 1 aromatic carbocycles. The Morgan fingerprint density at radius 2 is 2.24 bits per heavy atom. The Morgan fingerprint density at radius 1 is 1.53 bits per heavy atom. The van der Waals surface area contributed by atoms with Crippen LogP contribution in [0.4, 0.5) is 5.69 Å². The van der Waals surface area contributed by atoms with E-state index in [1.807, 2.05) is 12.1 Å². The molecule has 0 amide bonds. The molecule has 1 unspecified atom stereocenters. The minimum Gasteiger partial charge on any atom is -0.480 e. The number of nitrogens with zero attached hydrogens (tertiary/aromatic N) is 1. The monoisotopic (exact) mass is 234 g/mol. The van der Waals surface area contributed by atoms with Gasteiger partial charge in [0.25, 0.3) is 0 Å². The van der Waals surface area contributed by atoms with Crippen molar-refractivity contribution in [2.24, 2.45) is 0 Å². The maximum absolute atomic E-state index is 11.3. The summed E-state index contributed by atoms with van der Waals surface area (Å²) in [5, 5.41) is 12.1. The van der Waals surface area contributed by atoms with Crippen LogP contribution in [0.15, 0.2) is 24.3 Å². The zero-order chi connectivity index (χ0) is 12.5. The lowest BCUT2D eigenvalue weighted by molar-refractivity contribution is -0.143.